The van der Waals surface area contributed by atoms with Crippen LogP contribution in [0.4, 0.5) is 22.1 Å². The third kappa shape index (κ3) is 7.99. The molecule has 2 heterocycles. The van der Waals surface area contributed by atoms with Gasteiger partial charge in [-0.1, -0.05) is 54.4 Å². The van der Waals surface area contributed by atoms with E-state index in [0.29, 0.717) is 23.0 Å². The average molecular weight is 586 g/mol. The molecule has 0 bridgehead atoms. The Bertz CT molecular complexity index is 1520. The quantitative estimate of drug-likeness (QED) is 0.182. The van der Waals surface area contributed by atoms with Gasteiger partial charge in [0.25, 0.3) is 0 Å². The van der Waals surface area contributed by atoms with E-state index in [0.717, 1.165) is 41.1 Å². The normalized spacial score (nSPS) is 13.4. The topological polar surface area (TPSA) is 88.6 Å². The van der Waals surface area contributed by atoms with Crippen LogP contribution in [0.25, 0.3) is 11.3 Å². The lowest BCUT2D eigenvalue weighted by Crippen LogP contribution is -2.31. The van der Waals surface area contributed by atoms with Crippen molar-refractivity contribution < 1.29 is 14.3 Å². The Morgan fingerprint density at radius 3 is 2.60 bits per heavy atom. The highest BCUT2D eigenvalue weighted by Crippen LogP contribution is 2.29. The standard InChI is InChI=1S/C33H36ClN5O3/c1-23-11-8-14-27(24(23)2)30-22-31(42-33(40)37-29-16-5-4-15-28(29)34)38-32(36-30)35-25-12-9-13-26(21-25)41-20-10-19-39-17-6-3-7-18-39/h4-5,8-9,11-16,21-22H,3,6-7,10,17-20H2,1-2H3,(H,37,40)(H,35,36,38). The number of amides is 1. The summed E-state index contributed by atoms with van der Waals surface area (Å²) in [6.45, 7) is 8.17. The number of hydrogen-bond acceptors (Lipinski definition) is 7. The van der Waals surface area contributed by atoms with Gasteiger partial charge in [-0.3, -0.25) is 5.32 Å². The monoisotopic (exact) mass is 585 g/mol. The molecular formula is C33H36ClN5O3. The predicted octanol–water partition coefficient (Wildman–Crippen LogP) is 8.02. The maximum absolute atomic E-state index is 12.8. The number of aryl methyl sites for hydroxylation is 1. The Kier molecular flexibility index (Phi) is 9.90. The van der Waals surface area contributed by atoms with Crippen LogP contribution in [0, 0.1) is 13.8 Å². The summed E-state index contributed by atoms with van der Waals surface area (Å²) >= 11 is 6.19. The highest BCUT2D eigenvalue weighted by Gasteiger charge is 2.15. The highest BCUT2D eigenvalue weighted by atomic mass is 35.5. The minimum atomic E-state index is -0.709. The highest BCUT2D eigenvalue weighted by molar-refractivity contribution is 6.33. The lowest BCUT2D eigenvalue weighted by molar-refractivity contribution is 0.205. The molecule has 9 heteroatoms. The SMILES string of the molecule is Cc1cccc(-c2cc(OC(=O)Nc3ccccc3Cl)nc(Nc3cccc(OCCCN4CCCCC4)c3)n2)c1C. The molecule has 1 aromatic heterocycles. The van der Waals surface area contributed by atoms with Gasteiger partial charge >= 0.3 is 6.09 Å². The smallest absolute Gasteiger partial charge is 0.418 e. The predicted molar refractivity (Wildman–Crippen MR) is 168 cm³/mol. The van der Waals surface area contributed by atoms with Crippen LogP contribution in [0.15, 0.2) is 72.8 Å². The number of carbonyl (C=O) groups excluding carboxylic acids is 1. The van der Waals surface area contributed by atoms with Gasteiger partial charge in [-0.05, 0) is 81.6 Å². The Hall–Kier alpha value is -4.14. The summed E-state index contributed by atoms with van der Waals surface area (Å²) in [5.41, 5.74) is 4.95. The van der Waals surface area contributed by atoms with Crippen molar-refractivity contribution in [3.63, 3.8) is 0 Å². The molecule has 0 saturated carbocycles. The fourth-order valence-corrected chi connectivity index (χ4v) is 5.13. The zero-order chi connectivity index (χ0) is 29.3. The number of halogens is 1. The molecule has 218 valence electrons. The minimum Gasteiger partial charge on any atom is -0.493 e. The third-order valence-electron chi connectivity index (χ3n) is 7.32. The van der Waals surface area contributed by atoms with Crippen LogP contribution in [0.2, 0.25) is 5.02 Å². The molecule has 0 spiro atoms. The fraction of sp³-hybridized carbons (Fsp3) is 0.303. The van der Waals surface area contributed by atoms with E-state index < -0.39 is 6.09 Å². The summed E-state index contributed by atoms with van der Waals surface area (Å²) < 4.78 is 11.6. The van der Waals surface area contributed by atoms with Crippen molar-refractivity contribution in [2.45, 2.75) is 39.5 Å². The molecule has 2 N–H and O–H groups in total. The first-order valence-corrected chi connectivity index (χ1v) is 14.7. The number of likely N-dealkylation sites (tertiary alicyclic amines) is 1. The number of rotatable bonds is 10. The van der Waals surface area contributed by atoms with Gasteiger partial charge in [0.15, 0.2) is 0 Å². The van der Waals surface area contributed by atoms with E-state index in [1.165, 1.54) is 32.4 Å². The van der Waals surface area contributed by atoms with E-state index in [9.17, 15) is 4.79 Å². The Balaban J connectivity index is 1.32. The number of para-hydroxylation sites is 1. The third-order valence-corrected chi connectivity index (χ3v) is 7.65. The van der Waals surface area contributed by atoms with Gasteiger partial charge < -0.3 is 19.7 Å². The van der Waals surface area contributed by atoms with Crippen molar-refractivity contribution in [1.82, 2.24) is 14.9 Å². The van der Waals surface area contributed by atoms with Crippen LogP contribution >= 0.6 is 11.6 Å². The van der Waals surface area contributed by atoms with Crippen LogP contribution in [-0.2, 0) is 0 Å². The second kappa shape index (κ2) is 14.2. The van der Waals surface area contributed by atoms with E-state index in [1.807, 2.05) is 56.3 Å². The summed E-state index contributed by atoms with van der Waals surface area (Å²) in [5, 5.41) is 6.33. The molecule has 1 aliphatic rings. The van der Waals surface area contributed by atoms with Gasteiger partial charge in [-0.2, -0.15) is 4.98 Å². The summed E-state index contributed by atoms with van der Waals surface area (Å²) in [6.07, 6.45) is 4.20. The molecule has 8 nitrogen and oxygen atoms in total. The summed E-state index contributed by atoms with van der Waals surface area (Å²) in [5.74, 6) is 1.15. The Morgan fingerprint density at radius 2 is 1.76 bits per heavy atom. The molecule has 42 heavy (non-hydrogen) atoms. The molecule has 3 aromatic carbocycles. The van der Waals surface area contributed by atoms with E-state index in [2.05, 4.69) is 20.5 Å². The van der Waals surface area contributed by atoms with Crippen molar-refractivity contribution in [3.05, 3.63) is 88.9 Å². The van der Waals surface area contributed by atoms with Crippen molar-refractivity contribution in [1.29, 1.82) is 0 Å². The van der Waals surface area contributed by atoms with E-state index in [1.54, 1.807) is 30.3 Å². The van der Waals surface area contributed by atoms with E-state index in [-0.39, 0.29) is 11.8 Å². The molecule has 1 saturated heterocycles. The van der Waals surface area contributed by atoms with Gasteiger partial charge in [0.2, 0.25) is 11.8 Å². The number of piperidine rings is 1. The second-order valence-corrected chi connectivity index (χ2v) is 10.8. The van der Waals surface area contributed by atoms with Gasteiger partial charge in [-0.25, -0.2) is 9.78 Å². The maximum Gasteiger partial charge on any atom is 0.418 e. The van der Waals surface area contributed by atoms with Crippen molar-refractivity contribution in [2.24, 2.45) is 0 Å². The van der Waals surface area contributed by atoms with Crippen LogP contribution in [0.3, 0.4) is 0 Å². The first-order chi connectivity index (χ1) is 20.4. The first kappa shape index (κ1) is 29.4. The first-order valence-electron chi connectivity index (χ1n) is 14.4. The van der Waals surface area contributed by atoms with Crippen molar-refractivity contribution >= 4 is 35.0 Å². The summed E-state index contributed by atoms with van der Waals surface area (Å²) in [4.78, 5) is 24.5. The number of nitrogens with one attached hydrogen (secondary N) is 2. The van der Waals surface area contributed by atoms with Gasteiger partial charge in [0, 0.05) is 29.9 Å². The molecular weight excluding hydrogens is 550 g/mol. The maximum atomic E-state index is 12.8. The molecule has 4 aromatic rings. The number of nitrogens with zero attached hydrogens (tertiary/aromatic N) is 3. The lowest BCUT2D eigenvalue weighted by atomic mass is 10.0. The summed E-state index contributed by atoms with van der Waals surface area (Å²) in [6, 6.07) is 22.3. The van der Waals surface area contributed by atoms with E-state index in [4.69, 9.17) is 26.1 Å². The Labute approximate surface area is 252 Å². The number of carbonyl (C=O) groups is 1. The van der Waals surface area contributed by atoms with Crippen LogP contribution < -0.4 is 20.1 Å². The molecule has 1 aliphatic heterocycles. The lowest BCUT2D eigenvalue weighted by Gasteiger charge is -2.26. The van der Waals surface area contributed by atoms with E-state index >= 15 is 0 Å². The molecule has 0 unspecified atom stereocenters. The number of benzene rings is 3. The number of anilines is 3. The summed E-state index contributed by atoms with van der Waals surface area (Å²) in [7, 11) is 0. The van der Waals surface area contributed by atoms with Crippen molar-refractivity contribution in [2.75, 3.05) is 36.9 Å². The largest absolute Gasteiger partial charge is 0.493 e. The number of hydrogen-bond donors (Lipinski definition) is 2. The molecule has 1 amide bonds. The van der Waals surface area contributed by atoms with Gasteiger partial charge in [-0.15, -0.1) is 0 Å². The number of aromatic nitrogens is 2. The molecule has 0 aliphatic carbocycles. The molecule has 1 fully saturated rings. The molecule has 0 atom stereocenters. The fourth-order valence-electron chi connectivity index (χ4n) is 4.95. The zero-order valence-corrected chi connectivity index (χ0v) is 24.8. The van der Waals surface area contributed by atoms with Gasteiger partial charge in [0.1, 0.15) is 5.75 Å². The van der Waals surface area contributed by atoms with Crippen LogP contribution in [-0.4, -0.2) is 47.2 Å². The number of ether oxygens (including phenoxy) is 2. The van der Waals surface area contributed by atoms with Gasteiger partial charge in [0.05, 0.1) is 23.0 Å². The molecule has 5 rings (SSSR count). The minimum absolute atomic E-state index is 0.0954. The van der Waals surface area contributed by atoms with Crippen LogP contribution in [0.1, 0.15) is 36.8 Å². The molecule has 0 radical (unpaired) electrons. The van der Waals surface area contributed by atoms with Crippen LogP contribution in [0.5, 0.6) is 11.6 Å². The average Bonchev–Trinajstić information content (AvgIpc) is 2.98. The van der Waals surface area contributed by atoms with Crippen molar-refractivity contribution in [3.8, 4) is 22.9 Å². The zero-order valence-electron chi connectivity index (χ0n) is 24.0. The Morgan fingerprint density at radius 1 is 0.952 bits per heavy atom. The second-order valence-electron chi connectivity index (χ2n) is 10.4.